The lowest BCUT2D eigenvalue weighted by Gasteiger charge is -2.47. The van der Waals surface area contributed by atoms with Gasteiger partial charge in [0.1, 0.15) is 11.5 Å². The summed E-state index contributed by atoms with van der Waals surface area (Å²) in [5, 5.41) is 4.95. The van der Waals surface area contributed by atoms with E-state index in [-0.39, 0.29) is 13.4 Å². The van der Waals surface area contributed by atoms with Crippen molar-refractivity contribution in [2.75, 3.05) is 24.5 Å². The van der Waals surface area contributed by atoms with Crippen LogP contribution in [-0.4, -0.2) is 13.4 Å². The summed E-state index contributed by atoms with van der Waals surface area (Å²) < 4.78 is 12.4. The lowest BCUT2D eigenvalue weighted by Crippen LogP contribution is -2.64. The summed E-state index contributed by atoms with van der Waals surface area (Å²) in [7, 11) is 0. The maximum atomic E-state index is 7.42. The molecule has 94 heavy (non-hydrogen) atoms. The largest absolute Gasteiger partial charge is 0.458 e. The Kier molecular flexibility index (Phi) is 11.9. The quantitative estimate of drug-likeness (QED) is 0.134. The minimum atomic E-state index is -0.214. The van der Waals surface area contributed by atoms with E-state index in [9.17, 15) is 0 Å². The second-order valence-corrected chi connectivity index (χ2v) is 26.8. The van der Waals surface area contributed by atoms with Crippen molar-refractivity contribution in [2.45, 2.75) is 0 Å². The van der Waals surface area contributed by atoms with Crippen LogP contribution in [0.25, 0.3) is 40.3 Å². The molecule has 0 N–H and O–H groups in total. The minimum absolute atomic E-state index is 0.198. The van der Waals surface area contributed by atoms with Crippen LogP contribution in [0.2, 0.25) is 0 Å². The van der Waals surface area contributed by atoms with Gasteiger partial charge in [-0.1, -0.05) is 188 Å². The Morgan fingerprint density at radius 2 is 0.723 bits per heavy atom. The van der Waals surface area contributed by atoms with Crippen LogP contribution in [0.3, 0.4) is 0 Å². The average molecular weight is 1230 g/mol. The van der Waals surface area contributed by atoms with Gasteiger partial charge < -0.3 is 29.2 Å². The fourth-order valence-electron chi connectivity index (χ4n) is 15.8. The Morgan fingerprint density at radius 3 is 1.38 bits per heavy atom. The van der Waals surface area contributed by atoms with E-state index in [0.29, 0.717) is 0 Å². The third-order valence-corrected chi connectivity index (χ3v) is 21.9. The van der Waals surface area contributed by atoms with Gasteiger partial charge in [0.05, 0.1) is 27.4 Å². The van der Waals surface area contributed by atoms with Crippen molar-refractivity contribution in [3.63, 3.8) is 0 Å². The molecular formula is C84H53B2N5OS2. The second-order valence-electron chi connectivity index (χ2n) is 24.7. The van der Waals surface area contributed by atoms with Crippen LogP contribution in [-0.2, 0) is 0 Å². The van der Waals surface area contributed by atoms with Crippen LogP contribution in [0.1, 0.15) is 0 Å². The van der Waals surface area contributed by atoms with Crippen molar-refractivity contribution < 1.29 is 4.74 Å². The molecule has 0 saturated heterocycles. The normalized spacial score (nSPS) is 13.1. The molecule has 6 heterocycles. The number of rotatable bonds is 9. The topological polar surface area (TPSA) is 25.4 Å². The number of hydrogen-bond donors (Lipinski definition) is 0. The summed E-state index contributed by atoms with van der Waals surface area (Å²) in [6.45, 7) is -0.412. The van der Waals surface area contributed by atoms with Gasteiger partial charge in [0.15, 0.2) is 0 Å². The summed E-state index contributed by atoms with van der Waals surface area (Å²) in [5.41, 5.74) is 23.6. The standard InChI is InChI=1S/C84H53B2N5OS2/c1-6-26-54(27-7-1)87(55-28-8-2-9-29-55)59-48-73-82-74(49-59)91(70-43-24-38-62-61-36-16-22-45-78(61)94-84(62)70)72-53-71-67(52-66(72)85(82)64-39-18-20-41-68(64)89(73)58-34-14-5-15-35-58)86-65-40-19-21-44-76(65)92-77-51-60(88(56-30-10-3-11-31-56)57-32-12-4-13-33-57)50-75(83(77)86)90(71)69-42-25-47-80-81(69)63-37-17-23-46-79(63)93-80/h1-53H. The Balaban J connectivity index is 0.946. The van der Waals surface area contributed by atoms with Gasteiger partial charge in [0.2, 0.25) is 0 Å². The molecule has 14 aromatic carbocycles. The van der Waals surface area contributed by atoms with Crippen molar-refractivity contribution in [3.8, 4) is 11.5 Å². The lowest BCUT2D eigenvalue weighted by molar-refractivity contribution is 0.487. The molecule has 0 aliphatic carbocycles. The van der Waals surface area contributed by atoms with Crippen molar-refractivity contribution in [1.82, 2.24) is 0 Å². The van der Waals surface area contributed by atoms with Crippen molar-refractivity contribution >= 4 is 195 Å². The summed E-state index contributed by atoms with van der Waals surface area (Å²) in [4.78, 5) is 12.6. The number of para-hydroxylation sites is 7. The van der Waals surface area contributed by atoms with Gasteiger partial charge in [-0.05, 0) is 160 Å². The molecule has 16 aromatic rings. The summed E-state index contributed by atoms with van der Waals surface area (Å²) in [6, 6.07) is 119. The highest BCUT2D eigenvalue weighted by atomic mass is 32.1. The molecule has 0 radical (unpaired) electrons. The fourth-order valence-corrected chi connectivity index (χ4v) is 18.1. The van der Waals surface area contributed by atoms with E-state index in [1.807, 2.05) is 22.7 Å². The van der Waals surface area contributed by atoms with Gasteiger partial charge in [0.25, 0.3) is 13.4 Å². The van der Waals surface area contributed by atoms with Gasteiger partial charge in [0, 0.05) is 104 Å². The first-order chi connectivity index (χ1) is 46.7. The lowest BCUT2D eigenvalue weighted by atomic mass is 9.30. The third kappa shape index (κ3) is 7.97. The molecule has 0 atom stereocenters. The molecule has 0 unspecified atom stereocenters. The molecular weight excluding hydrogens is 1180 g/mol. The molecule has 10 heteroatoms. The SMILES string of the molecule is c1ccc(N(c2ccccc2)c2cc3c4c(c2)N(c2cccc5sc6ccccc6c25)c2cc5c(cc2B4c2ccccc2O3)B2c3ccccc3N(c3ccccc3)c3cc(N(c4ccccc4)c4ccccc4)cc(c32)N5c2cccc3c2sc2ccccc23)cc1. The highest BCUT2D eigenvalue weighted by Crippen LogP contribution is 2.54. The number of ether oxygens (including phenoxy) is 1. The number of anilines is 15. The smallest absolute Gasteiger partial charge is 0.256 e. The molecule has 438 valence electrons. The van der Waals surface area contributed by atoms with E-state index in [1.54, 1.807) is 0 Å². The van der Waals surface area contributed by atoms with Crippen molar-refractivity contribution in [3.05, 3.63) is 322 Å². The van der Waals surface area contributed by atoms with E-state index < -0.39 is 0 Å². The van der Waals surface area contributed by atoms with Gasteiger partial charge >= 0.3 is 0 Å². The maximum absolute atomic E-state index is 7.42. The molecule has 4 aliphatic heterocycles. The second kappa shape index (κ2) is 21.0. The Labute approximate surface area is 553 Å². The van der Waals surface area contributed by atoms with Crippen LogP contribution in [0.5, 0.6) is 11.5 Å². The monoisotopic (exact) mass is 1230 g/mol. The zero-order chi connectivity index (χ0) is 61.5. The number of nitrogens with zero attached hydrogens (tertiary/aromatic N) is 5. The van der Waals surface area contributed by atoms with Crippen LogP contribution in [0.15, 0.2) is 322 Å². The third-order valence-electron chi connectivity index (χ3n) is 19.6. The molecule has 0 saturated carbocycles. The Morgan fingerprint density at radius 1 is 0.266 bits per heavy atom. The summed E-state index contributed by atoms with van der Waals surface area (Å²) >= 11 is 3.74. The fraction of sp³-hybridized carbons (Fsp3) is 0. The van der Waals surface area contributed by atoms with Gasteiger partial charge in [-0.3, -0.25) is 0 Å². The van der Waals surface area contributed by atoms with E-state index in [4.69, 9.17) is 4.74 Å². The molecule has 4 aliphatic rings. The van der Waals surface area contributed by atoms with Crippen LogP contribution in [0, 0.1) is 0 Å². The number of thiophene rings is 2. The van der Waals surface area contributed by atoms with Crippen LogP contribution < -0.4 is 62.0 Å². The average Bonchev–Trinajstić information content (AvgIpc) is 0.708. The predicted molar refractivity (Wildman–Crippen MR) is 401 cm³/mol. The first-order valence-corrected chi connectivity index (χ1v) is 33.8. The maximum Gasteiger partial charge on any atom is 0.256 e. The Bertz CT molecular complexity index is 5650. The van der Waals surface area contributed by atoms with E-state index in [1.165, 1.54) is 62.2 Å². The zero-order valence-corrected chi connectivity index (χ0v) is 52.3. The number of benzene rings is 14. The molecule has 0 fully saturated rings. The summed E-state index contributed by atoms with van der Waals surface area (Å²) in [6.07, 6.45) is 0. The summed E-state index contributed by atoms with van der Waals surface area (Å²) in [5.74, 6) is 1.70. The molecule has 0 amide bonds. The van der Waals surface area contributed by atoms with Crippen LogP contribution in [0.4, 0.5) is 85.3 Å². The van der Waals surface area contributed by atoms with Gasteiger partial charge in [-0.15, -0.1) is 22.7 Å². The number of hydrogen-bond acceptors (Lipinski definition) is 8. The van der Waals surface area contributed by atoms with E-state index in [2.05, 4.69) is 346 Å². The van der Waals surface area contributed by atoms with E-state index in [0.717, 1.165) is 108 Å². The first kappa shape index (κ1) is 53.1. The molecule has 6 nitrogen and oxygen atoms in total. The predicted octanol–water partition coefficient (Wildman–Crippen LogP) is 19.8. The highest BCUT2D eigenvalue weighted by Gasteiger charge is 2.49. The van der Waals surface area contributed by atoms with E-state index >= 15 is 0 Å². The zero-order valence-electron chi connectivity index (χ0n) is 50.7. The Hall–Kier alpha value is -11.6. The van der Waals surface area contributed by atoms with Crippen molar-refractivity contribution in [2.24, 2.45) is 0 Å². The molecule has 0 bridgehead atoms. The number of fused-ring (bicyclic) bond motifs is 14. The molecule has 0 spiro atoms. The first-order valence-electron chi connectivity index (χ1n) is 32.1. The highest BCUT2D eigenvalue weighted by molar-refractivity contribution is 7.26. The van der Waals surface area contributed by atoms with Crippen LogP contribution >= 0.6 is 22.7 Å². The van der Waals surface area contributed by atoms with Gasteiger partial charge in [-0.2, -0.15) is 0 Å². The van der Waals surface area contributed by atoms with Crippen molar-refractivity contribution in [1.29, 1.82) is 0 Å². The molecule has 2 aromatic heterocycles. The molecule has 20 rings (SSSR count). The minimum Gasteiger partial charge on any atom is -0.458 e. The van der Waals surface area contributed by atoms with Gasteiger partial charge in [-0.25, -0.2) is 0 Å².